The van der Waals surface area contributed by atoms with Gasteiger partial charge in [0.25, 0.3) is 5.91 Å². The van der Waals surface area contributed by atoms with Crippen molar-refractivity contribution in [3.63, 3.8) is 0 Å². The van der Waals surface area contributed by atoms with E-state index in [4.69, 9.17) is 4.74 Å². The third kappa shape index (κ3) is 3.51. The van der Waals surface area contributed by atoms with Gasteiger partial charge in [0.05, 0.1) is 23.1 Å². The molecule has 4 nitrogen and oxygen atoms in total. The molecule has 136 valence electrons. The first kappa shape index (κ1) is 17.1. The van der Waals surface area contributed by atoms with Crippen LogP contribution in [0.4, 0.5) is 14.5 Å². The normalized spacial score (nSPS) is 13.4. The first-order valence-corrected chi connectivity index (χ1v) is 8.54. The highest BCUT2D eigenvalue weighted by Crippen LogP contribution is 2.28. The maximum Gasteiger partial charge on any atom is 0.260 e. The van der Waals surface area contributed by atoms with E-state index in [1.54, 1.807) is 12.3 Å². The molecule has 3 aromatic rings. The van der Waals surface area contributed by atoms with Crippen LogP contribution in [0.1, 0.15) is 21.6 Å². The summed E-state index contributed by atoms with van der Waals surface area (Å²) in [7, 11) is 0. The van der Waals surface area contributed by atoms with Gasteiger partial charge in [0.15, 0.2) is 0 Å². The molecule has 0 aliphatic carbocycles. The van der Waals surface area contributed by atoms with E-state index in [0.29, 0.717) is 30.0 Å². The second kappa shape index (κ2) is 7.15. The van der Waals surface area contributed by atoms with Crippen molar-refractivity contribution in [2.24, 2.45) is 0 Å². The van der Waals surface area contributed by atoms with Crippen molar-refractivity contribution in [3.8, 4) is 5.75 Å². The van der Waals surface area contributed by atoms with Crippen LogP contribution in [0, 0.1) is 11.6 Å². The SMILES string of the molecule is O=C1c2cc(OCc3ccccc3)cnc2CCN1c1ccc(F)cc1F. The first-order valence-electron chi connectivity index (χ1n) is 8.54. The van der Waals surface area contributed by atoms with Crippen LogP contribution in [0.25, 0.3) is 0 Å². The number of aromatic nitrogens is 1. The zero-order valence-corrected chi connectivity index (χ0v) is 14.4. The number of ether oxygens (including phenoxy) is 1. The Labute approximate surface area is 155 Å². The molecule has 0 saturated carbocycles. The van der Waals surface area contributed by atoms with Crippen molar-refractivity contribution in [2.75, 3.05) is 11.4 Å². The Hall–Kier alpha value is -3.28. The minimum Gasteiger partial charge on any atom is -0.487 e. The Balaban J connectivity index is 1.57. The zero-order valence-electron chi connectivity index (χ0n) is 14.4. The molecule has 0 bridgehead atoms. The van der Waals surface area contributed by atoms with E-state index in [0.717, 1.165) is 17.7 Å². The first-order chi connectivity index (χ1) is 13.1. The van der Waals surface area contributed by atoms with Gasteiger partial charge in [0.1, 0.15) is 24.0 Å². The summed E-state index contributed by atoms with van der Waals surface area (Å²) in [5.41, 5.74) is 2.07. The van der Waals surface area contributed by atoms with Gasteiger partial charge >= 0.3 is 0 Å². The number of nitrogens with zero attached hydrogens (tertiary/aromatic N) is 2. The fourth-order valence-electron chi connectivity index (χ4n) is 3.07. The summed E-state index contributed by atoms with van der Waals surface area (Å²) in [6.07, 6.45) is 2.07. The third-order valence-electron chi connectivity index (χ3n) is 4.44. The van der Waals surface area contributed by atoms with Crippen LogP contribution in [0.3, 0.4) is 0 Å². The minimum absolute atomic E-state index is 0.0580. The van der Waals surface area contributed by atoms with Crippen molar-refractivity contribution in [1.82, 2.24) is 4.98 Å². The average Bonchev–Trinajstić information content (AvgIpc) is 2.68. The quantitative estimate of drug-likeness (QED) is 0.697. The maximum absolute atomic E-state index is 14.1. The number of rotatable bonds is 4. The molecule has 0 saturated heterocycles. The molecule has 0 fully saturated rings. The van der Waals surface area contributed by atoms with Gasteiger partial charge in [-0.05, 0) is 23.8 Å². The zero-order chi connectivity index (χ0) is 18.8. The highest BCUT2D eigenvalue weighted by molar-refractivity contribution is 6.08. The van der Waals surface area contributed by atoms with Crippen LogP contribution in [0.5, 0.6) is 5.75 Å². The fourth-order valence-corrected chi connectivity index (χ4v) is 3.07. The molecular formula is C21H16F2N2O2. The number of halogens is 2. The Morgan fingerprint density at radius 3 is 2.67 bits per heavy atom. The molecule has 0 radical (unpaired) electrons. The van der Waals surface area contributed by atoms with Gasteiger partial charge in [-0.1, -0.05) is 30.3 Å². The van der Waals surface area contributed by atoms with Gasteiger partial charge in [0, 0.05) is 19.0 Å². The summed E-state index contributed by atoms with van der Waals surface area (Å²) in [6, 6.07) is 14.5. The number of fused-ring (bicyclic) bond motifs is 1. The second-order valence-corrected chi connectivity index (χ2v) is 6.24. The van der Waals surface area contributed by atoms with Crippen molar-refractivity contribution in [1.29, 1.82) is 0 Å². The highest BCUT2D eigenvalue weighted by Gasteiger charge is 2.28. The van der Waals surface area contributed by atoms with Crippen LogP contribution >= 0.6 is 0 Å². The monoisotopic (exact) mass is 366 g/mol. The van der Waals surface area contributed by atoms with E-state index in [9.17, 15) is 13.6 Å². The van der Waals surface area contributed by atoms with Gasteiger partial charge < -0.3 is 9.64 Å². The molecule has 27 heavy (non-hydrogen) atoms. The lowest BCUT2D eigenvalue weighted by atomic mass is 10.0. The molecule has 4 rings (SSSR count). The van der Waals surface area contributed by atoms with Crippen molar-refractivity contribution in [3.05, 3.63) is 89.2 Å². The highest BCUT2D eigenvalue weighted by atomic mass is 19.1. The largest absolute Gasteiger partial charge is 0.487 e. The molecule has 2 aromatic carbocycles. The van der Waals surface area contributed by atoms with Crippen molar-refractivity contribution < 1.29 is 18.3 Å². The maximum atomic E-state index is 14.1. The van der Waals surface area contributed by atoms with Gasteiger partial charge in [-0.25, -0.2) is 8.78 Å². The van der Waals surface area contributed by atoms with Gasteiger partial charge in [-0.15, -0.1) is 0 Å². The van der Waals surface area contributed by atoms with E-state index >= 15 is 0 Å². The van der Waals surface area contributed by atoms with Gasteiger partial charge in [0.2, 0.25) is 0 Å². The molecule has 2 heterocycles. The van der Waals surface area contributed by atoms with Crippen molar-refractivity contribution >= 4 is 11.6 Å². The molecule has 0 atom stereocenters. The molecule has 1 aromatic heterocycles. The van der Waals surface area contributed by atoms with Crippen LogP contribution in [0.2, 0.25) is 0 Å². The number of carbonyl (C=O) groups is 1. The van der Waals surface area contributed by atoms with Crippen LogP contribution in [-0.2, 0) is 13.0 Å². The van der Waals surface area contributed by atoms with Gasteiger partial charge in [-0.2, -0.15) is 0 Å². The molecule has 0 unspecified atom stereocenters. The smallest absolute Gasteiger partial charge is 0.260 e. The third-order valence-corrected chi connectivity index (χ3v) is 4.44. The number of hydrogen-bond acceptors (Lipinski definition) is 3. The molecule has 6 heteroatoms. The summed E-state index contributed by atoms with van der Waals surface area (Å²) in [4.78, 5) is 18.5. The number of carbonyl (C=O) groups excluding carboxylic acids is 1. The number of amides is 1. The Bertz CT molecular complexity index is 993. The Morgan fingerprint density at radius 2 is 1.89 bits per heavy atom. The summed E-state index contributed by atoms with van der Waals surface area (Å²) in [5, 5.41) is 0. The topological polar surface area (TPSA) is 42.4 Å². The summed E-state index contributed by atoms with van der Waals surface area (Å²) in [6.45, 7) is 0.636. The summed E-state index contributed by atoms with van der Waals surface area (Å²) < 4.78 is 33.0. The number of benzene rings is 2. The lowest BCUT2D eigenvalue weighted by Gasteiger charge is -2.28. The Morgan fingerprint density at radius 1 is 1.07 bits per heavy atom. The number of pyridine rings is 1. The molecule has 1 aliphatic heterocycles. The van der Waals surface area contributed by atoms with Crippen LogP contribution < -0.4 is 9.64 Å². The van der Waals surface area contributed by atoms with E-state index in [1.807, 2.05) is 30.3 Å². The van der Waals surface area contributed by atoms with Crippen molar-refractivity contribution in [2.45, 2.75) is 13.0 Å². The lowest BCUT2D eigenvalue weighted by molar-refractivity contribution is 0.0978. The average molecular weight is 366 g/mol. The standard InChI is InChI=1S/C21H16F2N2O2/c22-15-6-7-20(18(23)10-15)25-9-8-19-17(21(25)26)11-16(12-24-19)27-13-14-4-2-1-3-5-14/h1-7,10-12H,8-9,13H2. The Kier molecular flexibility index (Phi) is 4.54. The molecule has 1 aliphatic rings. The van der Waals surface area contributed by atoms with Crippen LogP contribution in [-0.4, -0.2) is 17.4 Å². The van der Waals surface area contributed by atoms with Gasteiger partial charge in [-0.3, -0.25) is 9.78 Å². The predicted octanol–water partition coefficient (Wildman–Crippen LogP) is 4.14. The molecular weight excluding hydrogens is 350 g/mol. The predicted molar refractivity (Wildman–Crippen MR) is 96.7 cm³/mol. The summed E-state index contributed by atoms with van der Waals surface area (Å²) >= 11 is 0. The molecule has 0 spiro atoms. The lowest BCUT2D eigenvalue weighted by Crippen LogP contribution is -2.38. The summed E-state index contributed by atoms with van der Waals surface area (Å²) in [5.74, 6) is -1.36. The molecule has 1 amide bonds. The number of anilines is 1. The van der Waals surface area contributed by atoms with E-state index in [1.165, 1.54) is 11.0 Å². The fraction of sp³-hybridized carbons (Fsp3) is 0.143. The minimum atomic E-state index is -0.767. The van der Waals surface area contributed by atoms with E-state index in [-0.39, 0.29) is 18.1 Å². The molecule has 0 N–H and O–H groups in total. The van der Waals surface area contributed by atoms with E-state index in [2.05, 4.69) is 4.98 Å². The number of hydrogen-bond donors (Lipinski definition) is 0. The van der Waals surface area contributed by atoms with Crippen LogP contribution in [0.15, 0.2) is 60.8 Å². The second-order valence-electron chi connectivity index (χ2n) is 6.24. The van der Waals surface area contributed by atoms with E-state index < -0.39 is 11.6 Å².